The number of aliphatic hydroxyl groups excluding tert-OH is 11. The van der Waals surface area contributed by atoms with Crippen molar-refractivity contribution in [2.75, 3.05) is 26.4 Å². The molecule has 3 aliphatic heterocycles. The number of amides is 1. The first-order valence-corrected chi connectivity index (χ1v) is 41.2. The Labute approximate surface area is 617 Å². The molecule has 0 radical (unpaired) electrons. The van der Waals surface area contributed by atoms with Crippen molar-refractivity contribution in [3.8, 4) is 0 Å². The highest BCUT2D eigenvalue weighted by Gasteiger charge is 2.54. The van der Waals surface area contributed by atoms with Crippen LogP contribution in [0.4, 0.5) is 0 Å². The Morgan fingerprint density at radius 3 is 1.06 bits per heavy atom. The zero-order valence-electron chi connectivity index (χ0n) is 63.6. The molecule has 17 atom stereocenters. The maximum atomic E-state index is 13.5. The summed E-state index contributed by atoms with van der Waals surface area (Å²) < 4.78 is 34.5. The molecule has 3 fully saturated rings. The second kappa shape index (κ2) is 63.2. The monoisotopic (exact) mass is 1450 g/mol. The Morgan fingerprint density at radius 1 is 0.363 bits per heavy atom. The van der Waals surface area contributed by atoms with E-state index in [9.17, 15) is 61.0 Å². The minimum absolute atomic E-state index is 0.246. The zero-order valence-corrected chi connectivity index (χ0v) is 63.6. The molecule has 19 nitrogen and oxygen atoms in total. The third-order valence-electron chi connectivity index (χ3n) is 20.3. The second-order valence-electron chi connectivity index (χ2n) is 29.2. The van der Waals surface area contributed by atoms with E-state index >= 15 is 0 Å². The van der Waals surface area contributed by atoms with Crippen LogP contribution in [0.1, 0.15) is 316 Å². The predicted octanol–water partition coefficient (Wildman–Crippen LogP) is 14.0. The lowest BCUT2D eigenvalue weighted by molar-refractivity contribution is -0.379. The van der Waals surface area contributed by atoms with Crippen LogP contribution in [0.15, 0.2) is 72.9 Å². The highest BCUT2D eigenvalue weighted by Crippen LogP contribution is 2.33. The van der Waals surface area contributed by atoms with Gasteiger partial charge in [-0.2, -0.15) is 0 Å². The van der Waals surface area contributed by atoms with Crippen molar-refractivity contribution in [3.05, 3.63) is 72.9 Å². The molecule has 0 aromatic heterocycles. The summed E-state index contributed by atoms with van der Waals surface area (Å²) in [7, 11) is 0. The van der Waals surface area contributed by atoms with Gasteiger partial charge in [-0.15, -0.1) is 0 Å². The fraction of sp³-hybridized carbons (Fsp3) is 0.843. The van der Waals surface area contributed by atoms with Gasteiger partial charge < -0.3 is 89.9 Å². The van der Waals surface area contributed by atoms with Crippen molar-refractivity contribution in [1.82, 2.24) is 5.32 Å². The molecule has 102 heavy (non-hydrogen) atoms. The van der Waals surface area contributed by atoms with E-state index in [0.29, 0.717) is 12.8 Å². The van der Waals surface area contributed by atoms with E-state index in [0.717, 1.165) is 103 Å². The van der Waals surface area contributed by atoms with Crippen LogP contribution < -0.4 is 5.32 Å². The highest BCUT2D eigenvalue weighted by molar-refractivity contribution is 5.76. The molecule has 19 heteroatoms. The summed E-state index contributed by atoms with van der Waals surface area (Å²) in [5.74, 6) is -0.256. The van der Waals surface area contributed by atoms with Gasteiger partial charge in [0.25, 0.3) is 0 Å². The third-order valence-corrected chi connectivity index (χ3v) is 20.3. The average Bonchev–Trinajstić information content (AvgIpc) is 0.781. The molecule has 3 heterocycles. The summed E-state index contributed by atoms with van der Waals surface area (Å²) in [5.41, 5.74) is 0. The lowest BCUT2D eigenvalue weighted by atomic mass is 9.96. The van der Waals surface area contributed by atoms with Crippen LogP contribution in [-0.2, 0) is 33.2 Å². The van der Waals surface area contributed by atoms with Crippen molar-refractivity contribution in [3.63, 3.8) is 0 Å². The summed E-state index contributed by atoms with van der Waals surface area (Å²) >= 11 is 0. The van der Waals surface area contributed by atoms with E-state index in [1.807, 2.05) is 0 Å². The standard InChI is InChI=1S/C83H149NO18/c1-3-5-7-9-11-13-15-17-19-21-23-25-27-29-30-31-32-33-34-35-37-38-40-42-44-46-48-50-52-54-56-58-60-67(88)66(84-71(89)61-59-57-55-53-51-49-47-45-43-41-39-36-28-26-24-22-20-18-16-14-12-10-8-6-4-2)65-97-81-77(95)74(92)79(69(63-86)99-81)102-83-78(96)75(93)80(70(64-87)100-83)101-82-76(94)73(91)72(90)68(62-85)98-82/h6,8,12,14,18,20,24,26,36,39,43,45,66-70,72-83,85-88,90-96H,3-5,7,9-11,13,15-17,19,21-23,25,27-35,37-38,40-42,44,46-65H2,1-2H3,(H,84,89)/b8-6-,14-12-,20-18-,26-24-,39-36-,45-43-. The molecule has 3 rings (SSSR count). The summed E-state index contributed by atoms with van der Waals surface area (Å²) in [6.07, 6.45) is 55.6. The Morgan fingerprint density at radius 2 is 0.676 bits per heavy atom. The summed E-state index contributed by atoms with van der Waals surface area (Å²) in [6.45, 7) is 1.71. The number of rotatable bonds is 65. The molecule has 0 aromatic rings. The van der Waals surface area contributed by atoms with Gasteiger partial charge in [0.15, 0.2) is 18.9 Å². The van der Waals surface area contributed by atoms with Crippen LogP contribution >= 0.6 is 0 Å². The van der Waals surface area contributed by atoms with Crippen molar-refractivity contribution >= 4 is 5.91 Å². The number of allylic oxidation sites excluding steroid dienone is 12. The van der Waals surface area contributed by atoms with Gasteiger partial charge in [0, 0.05) is 6.42 Å². The first kappa shape index (κ1) is 93.4. The number of unbranched alkanes of at least 4 members (excludes halogenated alkanes) is 37. The minimum Gasteiger partial charge on any atom is -0.394 e. The topological polar surface area (TPSA) is 307 Å². The number of nitrogens with one attached hydrogen (secondary N) is 1. The SMILES string of the molecule is CC/C=C\C/C=C\C/C=C\C/C=C\C/C=C\C/C=C\CCCCCCCCC(=O)NC(COC1OC(CO)C(OC2OC(CO)C(OC3OC(CO)C(O)C(O)C3O)C(O)C2O)C(O)C1O)C(O)CCCCCCCCCCCCCCCCCCCCCCCCCCCCCCCCCC. The van der Waals surface area contributed by atoms with Crippen LogP contribution in [0.2, 0.25) is 0 Å². The van der Waals surface area contributed by atoms with E-state index < -0.39 is 124 Å². The molecule has 12 N–H and O–H groups in total. The molecule has 0 aromatic carbocycles. The lowest BCUT2D eigenvalue weighted by Crippen LogP contribution is -2.66. The van der Waals surface area contributed by atoms with E-state index in [2.05, 4.69) is 92.1 Å². The maximum absolute atomic E-state index is 13.5. The maximum Gasteiger partial charge on any atom is 0.220 e. The van der Waals surface area contributed by atoms with Gasteiger partial charge in [-0.05, 0) is 64.2 Å². The van der Waals surface area contributed by atoms with Gasteiger partial charge in [-0.25, -0.2) is 0 Å². The van der Waals surface area contributed by atoms with Crippen molar-refractivity contribution in [2.45, 2.75) is 420 Å². The summed E-state index contributed by atoms with van der Waals surface area (Å²) in [4.78, 5) is 13.5. The summed E-state index contributed by atoms with van der Waals surface area (Å²) in [6, 6.07) is -0.903. The highest BCUT2D eigenvalue weighted by atomic mass is 16.8. The Hall–Kier alpha value is -2.77. The first-order valence-electron chi connectivity index (χ1n) is 41.2. The fourth-order valence-corrected chi connectivity index (χ4v) is 13.7. The van der Waals surface area contributed by atoms with Gasteiger partial charge in [0.1, 0.15) is 73.2 Å². The van der Waals surface area contributed by atoms with Gasteiger partial charge in [-0.3, -0.25) is 4.79 Å². The van der Waals surface area contributed by atoms with Crippen LogP contribution in [0, 0.1) is 0 Å². The molecule has 0 saturated carbocycles. The van der Waals surface area contributed by atoms with Crippen LogP contribution in [-0.4, -0.2) is 193 Å². The molecule has 3 aliphatic rings. The summed E-state index contributed by atoms with van der Waals surface area (Å²) in [5, 5.41) is 121. The Balaban J connectivity index is 1.36. The fourth-order valence-electron chi connectivity index (χ4n) is 13.7. The van der Waals surface area contributed by atoms with Gasteiger partial charge in [-0.1, -0.05) is 318 Å². The van der Waals surface area contributed by atoms with Crippen LogP contribution in [0.5, 0.6) is 0 Å². The molecular weight excluding hydrogens is 1300 g/mol. The van der Waals surface area contributed by atoms with E-state index in [-0.39, 0.29) is 18.9 Å². The second-order valence-corrected chi connectivity index (χ2v) is 29.2. The molecule has 0 bridgehead atoms. The third kappa shape index (κ3) is 42.7. The molecule has 17 unspecified atom stereocenters. The molecule has 3 saturated heterocycles. The number of hydrogen-bond acceptors (Lipinski definition) is 18. The first-order chi connectivity index (χ1) is 49.8. The average molecular weight is 1450 g/mol. The van der Waals surface area contributed by atoms with Gasteiger partial charge in [0.05, 0.1) is 38.6 Å². The van der Waals surface area contributed by atoms with Crippen molar-refractivity contribution in [2.24, 2.45) is 0 Å². The predicted molar refractivity (Wildman–Crippen MR) is 406 cm³/mol. The molecule has 0 aliphatic carbocycles. The normalized spacial score (nSPS) is 26.5. The van der Waals surface area contributed by atoms with E-state index in [1.165, 1.54) is 180 Å². The lowest BCUT2D eigenvalue weighted by Gasteiger charge is -2.48. The van der Waals surface area contributed by atoms with Crippen LogP contribution in [0.25, 0.3) is 0 Å². The number of hydrogen-bond donors (Lipinski definition) is 12. The number of aliphatic hydroxyl groups is 11. The molecular formula is C83H149NO18. The van der Waals surface area contributed by atoms with Crippen molar-refractivity contribution < 1.29 is 89.4 Å². The van der Waals surface area contributed by atoms with Gasteiger partial charge in [0.2, 0.25) is 5.91 Å². The van der Waals surface area contributed by atoms with Gasteiger partial charge >= 0.3 is 0 Å². The molecule has 594 valence electrons. The van der Waals surface area contributed by atoms with Crippen molar-refractivity contribution in [1.29, 1.82) is 0 Å². The molecule has 1 amide bonds. The number of ether oxygens (including phenoxy) is 6. The van der Waals surface area contributed by atoms with Crippen LogP contribution in [0.3, 0.4) is 0 Å². The minimum atomic E-state index is -1.98. The smallest absolute Gasteiger partial charge is 0.220 e. The number of carbonyl (C=O) groups is 1. The molecule has 0 spiro atoms. The largest absolute Gasteiger partial charge is 0.394 e. The number of carbonyl (C=O) groups excluding carboxylic acids is 1. The quantitative estimate of drug-likeness (QED) is 0.0199. The zero-order chi connectivity index (χ0) is 73.9. The van der Waals surface area contributed by atoms with E-state index in [1.54, 1.807) is 0 Å². The Kier molecular flexibility index (Phi) is 57.9. The van der Waals surface area contributed by atoms with E-state index in [4.69, 9.17) is 28.4 Å². The Bertz CT molecular complexity index is 2120.